The minimum absolute atomic E-state index is 0.233. The molecular formula is C8H7NO4. The summed E-state index contributed by atoms with van der Waals surface area (Å²) in [4.78, 5) is 18.9. The molecule has 68 valence electrons. The van der Waals surface area contributed by atoms with Gasteiger partial charge in [-0.15, -0.1) is 4.91 Å². The Balaban J connectivity index is 0.000000251. The smallest absolute Gasteiger partial charge is 0.343 e. The highest BCUT2D eigenvalue weighted by molar-refractivity contribution is 5.95. The number of nitrogens with zero attached hydrogens (tertiary/aromatic N) is 1. The van der Waals surface area contributed by atoms with E-state index in [9.17, 15) is 4.79 Å². The van der Waals surface area contributed by atoms with Crippen LogP contribution >= 0.6 is 0 Å². The lowest BCUT2D eigenvalue weighted by Crippen LogP contribution is -1.99. The molecule has 1 aliphatic heterocycles. The first kappa shape index (κ1) is 9.18. The van der Waals surface area contributed by atoms with Crippen molar-refractivity contribution in [3.05, 3.63) is 34.2 Å². The molecule has 2 bridgehead atoms. The summed E-state index contributed by atoms with van der Waals surface area (Å²) in [6.45, 7) is 1.91. The zero-order valence-electron chi connectivity index (χ0n) is 6.85. The van der Waals surface area contributed by atoms with Crippen molar-refractivity contribution in [2.45, 2.75) is 6.92 Å². The number of fused-ring (bicyclic) bond motifs is 2. The number of ether oxygens (including phenoxy) is 1. The SMILES string of the molecule is Cc1ccc2cc1OC2=O.O=NO. The van der Waals surface area contributed by atoms with Crippen LogP contribution in [0.15, 0.2) is 23.5 Å². The van der Waals surface area contributed by atoms with Gasteiger partial charge in [0.15, 0.2) is 5.34 Å². The van der Waals surface area contributed by atoms with Crippen molar-refractivity contribution >= 4 is 5.97 Å². The van der Waals surface area contributed by atoms with Crippen LogP contribution in [0.4, 0.5) is 0 Å². The van der Waals surface area contributed by atoms with E-state index in [0.717, 1.165) is 5.56 Å². The average molecular weight is 181 g/mol. The van der Waals surface area contributed by atoms with Gasteiger partial charge in [-0.3, -0.25) is 0 Å². The van der Waals surface area contributed by atoms with E-state index in [4.69, 9.17) is 14.9 Å². The molecule has 5 heteroatoms. The van der Waals surface area contributed by atoms with Gasteiger partial charge < -0.3 is 9.94 Å². The molecule has 1 aromatic rings. The molecule has 0 aromatic heterocycles. The second-order valence-corrected chi connectivity index (χ2v) is 2.45. The number of carbonyl (C=O) groups excluding carboxylic acids is 1. The van der Waals surface area contributed by atoms with Gasteiger partial charge in [0.25, 0.3) is 0 Å². The molecule has 0 atom stereocenters. The maximum Gasteiger partial charge on any atom is 0.343 e. The molecule has 0 radical (unpaired) electrons. The number of aryl methyl sites for hydroxylation is 1. The molecule has 1 aliphatic rings. The first-order valence-corrected chi connectivity index (χ1v) is 3.48. The number of carbonyl (C=O) groups is 1. The Morgan fingerprint density at radius 3 is 2.62 bits per heavy atom. The number of esters is 1. The van der Waals surface area contributed by atoms with Crippen LogP contribution in [-0.4, -0.2) is 11.2 Å². The Hall–Kier alpha value is -1.91. The minimum atomic E-state index is -0.233. The van der Waals surface area contributed by atoms with Crippen LogP contribution in [0.1, 0.15) is 15.9 Å². The fraction of sp³-hybridized carbons (Fsp3) is 0.125. The number of rotatable bonds is 0. The van der Waals surface area contributed by atoms with Crippen molar-refractivity contribution in [3.8, 4) is 5.75 Å². The molecule has 2 rings (SSSR count). The molecule has 5 nitrogen and oxygen atoms in total. The lowest BCUT2D eigenvalue weighted by Gasteiger charge is -1.92. The molecular weight excluding hydrogens is 174 g/mol. The van der Waals surface area contributed by atoms with E-state index < -0.39 is 0 Å². The predicted molar refractivity (Wildman–Crippen MR) is 43.7 cm³/mol. The van der Waals surface area contributed by atoms with Crippen LogP contribution in [0.5, 0.6) is 5.75 Å². The summed E-state index contributed by atoms with van der Waals surface area (Å²) in [5, 5.41) is 7.89. The summed E-state index contributed by atoms with van der Waals surface area (Å²) in [5.41, 5.74) is 1.66. The molecule has 0 saturated heterocycles. The molecule has 0 unspecified atom stereocenters. The third kappa shape index (κ3) is 1.81. The number of benzene rings is 1. The quantitative estimate of drug-likeness (QED) is 0.375. The Kier molecular flexibility index (Phi) is 2.59. The molecule has 1 N–H and O–H groups in total. The van der Waals surface area contributed by atoms with E-state index in [-0.39, 0.29) is 5.97 Å². The number of hydrogen-bond donors (Lipinski definition) is 1. The van der Waals surface area contributed by atoms with Crippen LogP contribution < -0.4 is 4.74 Å². The monoisotopic (exact) mass is 181 g/mol. The van der Waals surface area contributed by atoms with Crippen molar-refractivity contribution < 1.29 is 14.7 Å². The van der Waals surface area contributed by atoms with Crippen LogP contribution in [-0.2, 0) is 0 Å². The summed E-state index contributed by atoms with van der Waals surface area (Å²) in [6, 6.07) is 5.42. The van der Waals surface area contributed by atoms with Gasteiger partial charge >= 0.3 is 5.97 Å². The second-order valence-electron chi connectivity index (χ2n) is 2.45. The Bertz CT molecular complexity index is 348. The molecule has 0 aliphatic carbocycles. The minimum Gasteiger partial charge on any atom is -0.423 e. The van der Waals surface area contributed by atoms with Gasteiger partial charge in [0.05, 0.1) is 5.56 Å². The van der Waals surface area contributed by atoms with Gasteiger partial charge in [-0.05, 0) is 24.6 Å². The summed E-state index contributed by atoms with van der Waals surface area (Å²) < 4.78 is 4.88. The van der Waals surface area contributed by atoms with Crippen LogP contribution in [0.3, 0.4) is 0 Å². The second kappa shape index (κ2) is 3.66. The highest BCUT2D eigenvalue weighted by atomic mass is 16.6. The maximum absolute atomic E-state index is 10.8. The molecule has 0 amide bonds. The Labute approximate surface area is 73.9 Å². The lowest BCUT2D eigenvalue weighted by molar-refractivity contribution is 0.0754. The van der Waals surface area contributed by atoms with E-state index in [1.54, 1.807) is 12.1 Å². The van der Waals surface area contributed by atoms with Gasteiger partial charge in [0.2, 0.25) is 0 Å². The van der Waals surface area contributed by atoms with Gasteiger partial charge in [0.1, 0.15) is 5.75 Å². The van der Waals surface area contributed by atoms with Crippen molar-refractivity contribution in [3.63, 3.8) is 0 Å². The fourth-order valence-electron chi connectivity index (χ4n) is 0.996. The largest absolute Gasteiger partial charge is 0.423 e. The first-order chi connectivity index (χ1) is 6.19. The zero-order valence-corrected chi connectivity index (χ0v) is 6.85. The highest BCUT2D eigenvalue weighted by Gasteiger charge is 2.18. The molecule has 1 aromatic carbocycles. The molecule has 1 heterocycles. The van der Waals surface area contributed by atoms with Crippen molar-refractivity contribution in [2.75, 3.05) is 0 Å². The topological polar surface area (TPSA) is 76.0 Å². The average Bonchev–Trinajstić information content (AvgIpc) is 2.39. The molecule has 0 fully saturated rings. The molecule has 0 saturated carbocycles. The summed E-state index contributed by atoms with van der Waals surface area (Å²) in [7, 11) is 0. The third-order valence-corrected chi connectivity index (χ3v) is 1.63. The van der Waals surface area contributed by atoms with Gasteiger partial charge in [0, 0.05) is 0 Å². The van der Waals surface area contributed by atoms with E-state index >= 15 is 0 Å². The summed E-state index contributed by atoms with van der Waals surface area (Å²) >= 11 is 0. The van der Waals surface area contributed by atoms with E-state index in [0.29, 0.717) is 11.3 Å². The van der Waals surface area contributed by atoms with Crippen molar-refractivity contribution in [1.29, 1.82) is 0 Å². The standard InChI is InChI=1S/C8H6O2.HNO2/c1-5-2-3-6-4-7(5)10-8(6)9;2-1-3/h2-4H,1H3;(H,2,3). The van der Waals surface area contributed by atoms with Crippen molar-refractivity contribution in [1.82, 2.24) is 0 Å². The lowest BCUT2D eigenvalue weighted by atomic mass is 10.2. The number of hydrogen-bond acceptors (Lipinski definition) is 4. The Morgan fingerprint density at radius 2 is 2.08 bits per heavy atom. The van der Waals surface area contributed by atoms with E-state index in [2.05, 4.69) is 0 Å². The Morgan fingerprint density at radius 1 is 1.46 bits per heavy atom. The van der Waals surface area contributed by atoms with Crippen LogP contribution in [0.2, 0.25) is 0 Å². The normalized spacial score (nSPS) is 11.3. The summed E-state index contributed by atoms with van der Waals surface area (Å²) in [5.74, 6) is 0.464. The highest BCUT2D eigenvalue weighted by Crippen LogP contribution is 2.26. The first-order valence-electron chi connectivity index (χ1n) is 3.48. The fourth-order valence-corrected chi connectivity index (χ4v) is 0.996. The summed E-state index contributed by atoms with van der Waals surface area (Å²) in [6.07, 6.45) is 0. The maximum atomic E-state index is 10.8. The van der Waals surface area contributed by atoms with E-state index in [1.807, 2.05) is 13.0 Å². The van der Waals surface area contributed by atoms with Crippen molar-refractivity contribution in [2.24, 2.45) is 5.34 Å². The van der Waals surface area contributed by atoms with Gasteiger partial charge in [-0.2, -0.15) is 0 Å². The van der Waals surface area contributed by atoms with Gasteiger partial charge in [-0.1, -0.05) is 6.07 Å². The molecule has 13 heavy (non-hydrogen) atoms. The predicted octanol–water partition coefficient (Wildman–Crippen LogP) is 1.67. The van der Waals surface area contributed by atoms with E-state index in [1.165, 1.54) is 5.34 Å². The third-order valence-electron chi connectivity index (χ3n) is 1.63. The van der Waals surface area contributed by atoms with Crippen LogP contribution in [0.25, 0.3) is 0 Å². The zero-order chi connectivity index (χ0) is 9.84. The van der Waals surface area contributed by atoms with Gasteiger partial charge in [-0.25, -0.2) is 4.79 Å². The van der Waals surface area contributed by atoms with Crippen LogP contribution in [0, 0.1) is 11.8 Å². The molecule has 0 spiro atoms.